The number of azo groups is 1. The van der Waals surface area contributed by atoms with Crippen molar-refractivity contribution in [3.8, 4) is 5.75 Å². The van der Waals surface area contributed by atoms with Gasteiger partial charge in [-0.15, -0.1) is 5.11 Å². The lowest BCUT2D eigenvalue weighted by Crippen LogP contribution is -1.92. The predicted molar refractivity (Wildman–Crippen MR) is 76.1 cm³/mol. The summed E-state index contributed by atoms with van der Waals surface area (Å²) >= 11 is 0. The Hall–Kier alpha value is -3.36. The molecule has 0 saturated heterocycles. The minimum atomic E-state index is -0.763. The van der Waals surface area contributed by atoms with E-state index >= 15 is 0 Å². The standard InChI is InChI=1S/C13H10N4O5/c18-13-4-2-1-3-9(13)8-14-15-11-6-5-10(16(19)20)7-12(11)17(21)22/h1-7,18H,8H2. The van der Waals surface area contributed by atoms with Crippen LogP contribution in [0, 0.1) is 20.2 Å². The number of hydrogen-bond donors (Lipinski definition) is 1. The van der Waals surface area contributed by atoms with E-state index in [0.29, 0.717) is 5.56 Å². The molecule has 0 bridgehead atoms. The van der Waals surface area contributed by atoms with E-state index in [1.165, 1.54) is 6.07 Å². The third-order valence-electron chi connectivity index (χ3n) is 2.78. The average molecular weight is 302 g/mol. The second-order valence-corrected chi connectivity index (χ2v) is 4.22. The molecular formula is C13H10N4O5. The predicted octanol–water partition coefficient (Wildman–Crippen LogP) is 3.49. The van der Waals surface area contributed by atoms with Gasteiger partial charge in [0.1, 0.15) is 5.75 Å². The van der Waals surface area contributed by atoms with Crippen LogP contribution in [0.25, 0.3) is 0 Å². The van der Waals surface area contributed by atoms with Crippen molar-refractivity contribution in [1.82, 2.24) is 0 Å². The van der Waals surface area contributed by atoms with Gasteiger partial charge in [0.05, 0.1) is 22.5 Å². The lowest BCUT2D eigenvalue weighted by atomic mass is 10.2. The molecule has 0 aliphatic carbocycles. The summed E-state index contributed by atoms with van der Waals surface area (Å²) < 4.78 is 0. The van der Waals surface area contributed by atoms with Crippen molar-refractivity contribution >= 4 is 17.1 Å². The van der Waals surface area contributed by atoms with Crippen LogP contribution in [0.3, 0.4) is 0 Å². The second kappa shape index (κ2) is 6.39. The fourth-order valence-electron chi connectivity index (χ4n) is 1.69. The smallest absolute Gasteiger partial charge is 0.303 e. The van der Waals surface area contributed by atoms with Gasteiger partial charge in [0.15, 0.2) is 5.69 Å². The van der Waals surface area contributed by atoms with Gasteiger partial charge in [0.2, 0.25) is 0 Å². The van der Waals surface area contributed by atoms with Crippen molar-refractivity contribution in [1.29, 1.82) is 0 Å². The first-order valence-corrected chi connectivity index (χ1v) is 6.06. The van der Waals surface area contributed by atoms with Gasteiger partial charge in [-0.1, -0.05) is 18.2 Å². The number of nitro benzene ring substituents is 2. The average Bonchev–Trinajstić information content (AvgIpc) is 2.49. The first kappa shape index (κ1) is 15.0. The number of non-ortho nitro benzene ring substituents is 1. The van der Waals surface area contributed by atoms with Crippen LogP contribution in [-0.4, -0.2) is 15.0 Å². The van der Waals surface area contributed by atoms with Gasteiger partial charge in [-0.2, -0.15) is 5.11 Å². The zero-order valence-corrected chi connectivity index (χ0v) is 11.1. The second-order valence-electron chi connectivity index (χ2n) is 4.22. The fraction of sp³-hybridized carbons (Fsp3) is 0.0769. The first-order valence-electron chi connectivity index (χ1n) is 6.06. The number of hydrogen-bond acceptors (Lipinski definition) is 7. The summed E-state index contributed by atoms with van der Waals surface area (Å²) in [7, 11) is 0. The number of phenolic OH excluding ortho intramolecular Hbond substituents is 1. The van der Waals surface area contributed by atoms with Gasteiger partial charge in [0.25, 0.3) is 5.69 Å². The van der Waals surface area contributed by atoms with Crippen molar-refractivity contribution in [2.45, 2.75) is 6.54 Å². The Kier molecular flexibility index (Phi) is 4.37. The quantitative estimate of drug-likeness (QED) is 0.513. The molecule has 0 aliphatic heterocycles. The number of para-hydroxylation sites is 1. The number of nitrogens with zero attached hydrogens (tertiary/aromatic N) is 4. The van der Waals surface area contributed by atoms with Crippen molar-refractivity contribution in [2.75, 3.05) is 0 Å². The molecule has 0 heterocycles. The maximum Gasteiger partial charge on any atom is 0.303 e. The summed E-state index contributed by atoms with van der Waals surface area (Å²) in [5, 5.41) is 38.6. The fourth-order valence-corrected chi connectivity index (χ4v) is 1.69. The molecule has 22 heavy (non-hydrogen) atoms. The van der Waals surface area contributed by atoms with Crippen LogP contribution in [0.5, 0.6) is 5.75 Å². The van der Waals surface area contributed by atoms with E-state index < -0.39 is 21.2 Å². The molecule has 1 N–H and O–H groups in total. The lowest BCUT2D eigenvalue weighted by Gasteiger charge is -1.99. The Morgan fingerprint density at radius 1 is 1.05 bits per heavy atom. The first-order chi connectivity index (χ1) is 10.5. The monoisotopic (exact) mass is 302 g/mol. The molecule has 0 radical (unpaired) electrons. The number of aromatic hydroxyl groups is 1. The highest BCUT2D eigenvalue weighted by molar-refractivity contribution is 5.61. The maximum absolute atomic E-state index is 10.9. The summed E-state index contributed by atoms with van der Waals surface area (Å²) in [4.78, 5) is 20.1. The largest absolute Gasteiger partial charge is 0.508 e. The molecule has 0 atom stereocenters. The van der Waals surface area contributed by atoms with Crippen LogP contribution < -0.4 is 0 Å². The summed E-state index contributed by atoms with van der Waals surface area (Å²) in [6.45, 7) is 0.0286. The van der Waals surface area contributed by atoms with Gasteiger partial charge in [-0.3, -0.25) is 20.2 Å². The lowest BCUT2D eigenvalue weighted by molar-refractivity contribution is -0.393. The van der Waals surface area contributed by atoms with Crippen molar-refractivity contribution in [2.24, 2.45) is 10.2 Å². The van der Waals surface area contributed by atoms with Crippen LogP contribution in [0.4, 0.5) is 17.1 Å². The topological polar surface area (TPSA) is 131 Å². The molecule has 0 saturated carbocycles. The highest BCUT2D eigenvalue weighted by Crippen LogP contribution is 2.31. The summed E-state index contributed by atoms with van der Waals surface area (Å²) in [6, 6.07) is 9.58. The van der Waals surface area contributed by atoms with Gasteiger partial charge >= 0.3 is 5.69 Å². The molecule has 9 nitrogen and oxygen atoms in total. The highest BCUT2D eigenvalue weighted by atomic mass is 16.6. The van der Waals surface area contributed by atoms with E-state index in [9.17, 15) is 25.3 Å². The number of benzene rings is 2. The van der Waals surface area contributed by atoms with Gasteiger partial charge in [0, 0.05) is 11.6 Å². The Bertz CT molecular complexity index is 760. The van der Waals surface area contributed by atoms with E-state index in [1.54, 1.807) is 18.2 Å². The van der Waals surface area contributed by atoms with E-state index in [2.05, 4.69) is 10.2 Å². The molecule has 2 aromatic rings. The molecule has 0 aliphatic rings. The van der Waals surface area contributed by atoms with Crippen LogP contribution in [-0.2, 0) is 6.54 Å². The number of nitro groups is 2. The Morgan fingerprint density at radius 2 is 1.77 bits per heavy atom. The van der Waals surface area contributed by atoms with E-state index in [-0.39, 0.29) is 18.0 Å². The maximum atomic E-state index is 10.9. The molecule has 0 fully saturated rings. The Morgan fingerprint density at radius 3 is 2.41 bits per heavy atom. The Balaban J connectivity index is 2.25. The SMILES string of the molecule is O=[N+]([O-])c1ccc(N=NCc2ccccc2O)c([N+](=O)[O-])c1. The third-order valence-corrected chi connectivity index (χ3v) is 2.78. The number of phenols is 1. The molecule has 0 unspecified atom stereocenters. The van der Waals surface area contributed by atoms with Crippen molar-refractivity contribution in [3.05, 3.63) is 68.3 Å². The molecule has 0 amide bonds. The third kappa shape index (κ3) is 3.39. The molecule has 112 valence electrons. The van der Waals surface area contributed by atoms with E-state index in [1.807, 2.05) is 0 Å². The number of rotatable bonds is 5. The zero-order valence-electron chi connectivity index (χ0n) is 11.1. The summed E-state index contributed by atoms with van der Waals surface area (Å²) in [5.74, 6) is 0.0413. The van der Waals surface area contributed by atoms with E-state index in [0.717, 1.165) is 18.2 Å². The van der Waals surface area contributed by atoms with Crippen LogP contribution >= 0.6 is 0 Å². The van der Waals surface area contributed by atoms with Crippen LogP contribution in [0.15, 0.2) is 52.7 Å². The van der Waals surface area contributed by atoms with Crippen molar-refractivity contribution in [3.63, 3.8) is 0 Å². The summed E-state index contributed by atoms with van der Waals surface area (Å²) in [5.41, 5.74) is -0.483. The normalized spacial score (nSPS) is 10.7. The van der Waals surface area contributed by atoms with Gasteiger partial charge in [-0.05, 0) is 12.1 Å². The minimum absolute atomic E-state index is 0.0286. The molecule has 2 aromatic carbocycles. The minimum Gasteiger partial charge on any atom is -0.508 e. The van der Waals surface area contributed by atoms with Gasteiger partial charge in [-0.25, -0.2) is 0 Å². The van der Waals surface area contributed by atoms with E-state index in [4.69, 9.17) is 0 Å². The summed E-state index contributed by atoms with van der Waals surface area (Å²) in [6.07, 6.45) is 0. The molecular weight excluding hydrogens is 292 g/mol. The van der Waals surface area contributed by atoms with Crippen molar-refractivity contribution < 1.29 is 15.0 Å². The van der Waals surface area contributed by atoms with Crippen LogP contribution in [0.2, 0.25) is 0 Å². The molecule has 0 spiro atoms. The zero-order chi connectivity index (χ0) is 16.1. The Labute approximate surface area is 123 Å². The van der Waals surface area contributed by atoms with Gasteiger partial charge < -0.3 is 5.11 Å². The van der Waals surface area contributed by atoms with Crippen LogP contribution in [0.1, 0.15) is 5.56 Å². The highest BCUT2D eigenvalue weighted by Gasteiger charge is 2.19. The molecule has 9 heteroatoms. The molecule has 2 rings (SSSR count). The molecule has 0 aromatic heterocycles.